The van der Waals surface area contributed by atoms with Crippen molar-refractivity contribution in [2.75, 3.05) is 7.05 Å². The molecular formula is C6H6BrClN2O4S2. The Morgan fingerprint density at radius 2 is 2.25 bits per heavy atom. The zero-order valence-electron chi connectivity index (χ0n) is 7.81. The van der Waals surface area contributed by atoms with Crippen molar-refractivity contribution in [3.8, 4) is 0 Å². The highest BCUT2D eigenvalue weighted by molar-refractivity contribution is 9.10. The molecule has 10 heteroatoms. The number of carbonyl (C=O) groups excluding carboxylic acids is 1. The summed E-state index contributed by atoms with van der Waals surface area (Å²) in [6.45, 7) is 0. The van der Waals surface area contributed by atoms with E-state index in [1.54, 1.807) is 0 Å². The molecule has 1 rings (SSSR count). The highest BCUT2D eigenvalue weighted by atomic mass is 79.9. The largest absolute Gasteiger partial charge is 0.350 e. The lowest BCUT2D eigenvalue weighted by Gasteiger charge is -2.12. The molecule has 2 N–H and O–H groups in total. The van der Waals surface area contributed by atoms with E-state index in [1.165, 1.54) is 6.07 Å². The monoisotopic (exact) mass is 348 g/mol. The summed E-state index contributed by atoms with van der Waals surface area (Å²) in [5.41, 5.74) is 4.83. The van der Waals surface area contributed by atoms with Crippen LogP contribution in [0.25, 0.3) is 0 Å². The molecule has 0 aliphatic rings. The molecule has 2 amide bonds. The van der Waals surface area contributed by atoms with Crippen molar-refractivity contribution in [3.63, 3.8) is 0 Å². The van der Waals surface area contributed by atoms with E-state index < -0.39 is 16.1 Å². The average Bonchev–Trinajstić information content (AvgIpc) is 2.45. The first-order chi connectivity index (χ1) is 7.24. The molecule has 1 aromatic rings. The third-order valence-corrected chi connectivity index (χ3v) is 5.54. The SMILES string of the molecule is CN(OS(=O)(=O)c1sc(Cl)cc1Br)C(N)=O. The van der Waals surface area contributed by atoms with E-state index in [0.717, 1.165) is 18.4 Å². The average molecular weight is 350 g/mol. The van der Waals surface area contributed by atoms with Crippen LogP contribution < -0.4 is 5.73 Å². The van der Waals surface area contributed by atoms with Crippen LogP contribution in [0.5, 0.6) is 0 Å². The number of rotatable bonds is 3. The fourth-order valence-electron chi connectivity index (χ4n) is 0.714. The van der Waals surface area contributed by atoms with Crippen LogP contribution in [0.4, 0.5) is 4.79 Å². The Morgan fingerprint density at radius 3 is 2.62 bits per heavy atom. The fraction of sp³-hybridized carbons (Fsp3) is 0.167. The van der Waals surface area contributed by atoms with Crippen molar-refractivity contribution < 1.29 is 17.5 Å². The summed E-state index contributed by atoms with van der Waals surface area (Å²) in [7, 11) is -3.02. The van der Waals surface area contributed by atoms with Crippen LogP contribution in [-0.4, -0.2) is 26.6 Å². The Morgan fingerprint density at radius 1 is 1.69 bits per heavy atom. The standard InChI is InChI=1S/C6H6BrClN2O4S2/c1-10(6(9)11)14-16(12,13)5-3(7)2-4(8)15-5/h2H,1H3,(H2,9,11). The maximum atomic E-state index is 11.6. The third kappa shape index (κ3) is 3.08. The normalized spacial score (nSPS) is 11.4. The van der Waals surface area contributed by atoms with Gasteiger partial charge in [0, 0.05) is 7.05 Å². The van der Waals surface area contributed by atoms with E-state index in [0.29, 0.717) is 5.06 Å². The number of amides is 2. The lowest BCUT2D eigenvalue weighted by molar-refractivity contribution is 0.0242. The minimum atomic E-state index is -4.10. The molecule has 0 aliphatic carbocycles. The Kier molecular flexibility index (Phi) is 4.18. The summed E-state index contributed by atoms with van der Waals surface area (Å²) < 4.78 is 28.1. The number of nitrogens with two attached hydrogens (primary N) is 1. The van der Waals surface area contributed by atoms with Crippen LogP contribution in [0.15, 0.2) is 14.7 Å². The molecule has 90 valence electrons. The van der Waals surface area contributed by atoms with Gasteiger partial charge in [0.1, 0.15) is 0 Å². The Hall–Kier alpha value is -0.350. The summed E-state index contributed by atoms with van der Waals surface area (Å²) in [6, 6.07) is 0.384. The lowest BCUT2D eigenvalue weighted by atomic mass is 10.7. The van der Waals surface area contributed by atoms with Crippen molar-refractivity contribution in [1.29, 1.82) is 0 Å². The maximum Gasteiger partial charge on any atom is 0.339 e. The van der Waals surface area contributed by atoms with Gasteiger partial charge in [0.25, 0.3) is 0 Å². The van der Waals surface area contributed by atoms with Crippen molar-refractivity contribution >= 4 is 55.0 Å². The highest BCUT2D eigenvalue weighted by Crippen LogP contribution is 2.35. The van der Waals surface area contributed by atoms with Gasteiger partial charge in [0.15, 0.2) is 4.21 Å². The molecule has 0 bridgehead atoms. The van der Waals surface area contributed by atoms with Gasteiger partial charge in [-0.1, -0.05) is 11.6 Å². The zero-order chi connectivity index (χ0) is 12.5. The van der Waals surface area contributed by atoms with Gasteiger partial charge < -0.3 is 5.73 Å². The number of halogens is 2. The maximum absolute atomic E-state index is 11.6. The fourth-order valence-corrected chi connectivity index (χ4v) is 4.55. The van der Waals surface area contributed by atoms with Gasteiger partial charge in [0.05, 0.1) is 8.81 Å². The molecule has 16 heavy (non-hydrogen) atoms. The second kappa shape index (κ2) is 4.88. The summed E-state index contributed by atoms with van der Waals surface area (Å²) >= 11 is 9.45. The molecule has 0 aromatic carbocycles. The quantitative estimate of drug-likeness (QED) is 0.843. The van der Waals surface area contributed by atoms with Crippen LogP contribution in [-0.2, 0) is 14.4 Å². The summed E-state index contributed by atoms with van der Waals surface area (Å²) in [5.74, 6) is 0. The van der Waals surface area contributed by atoms with Gasteiger partial charge >= 0.3 is 16.1 Å². The van der Waals surface area contributed by atoms with Gasteiger partial charge in [-0.15, -0.1) is 15.6 Å². The van der Waals surface area contributed by atoms with E-state index >= 15 is 0 Å². The van der Waals surface area contributed by atoms with E-state index in [-0.39, 0.29) is 13.0 Å². The van der Waals surface area contributed by atoms with E-state index in [1.807, 2.05) is 0 Å². The molecule has 0 fully saturated rings. The number of hydrogen-bond acceptors (Lipinski definition) is 5. The first kappa shape index (κ1) is 13.7. The molecule has 0 radical (unpaired) electrons. The van der Waals surface area contributed by atoms with Crippen LogP contribution in [0.3, 0.4) is 0 Å². The number of primary amides is 1. The van der Waals surface area contributed by atoms with Crippen molar-refractivity contribution in [2.24, 2.45) is 5.73 Å². The molecule has 0 saturated carbocycles. The molecule has 1 aromatic heterocycles. The minimum absolute atomic E-state index is 0.134. The zero-order valence-corrected chi connectivity index (χ0v) is 11.8. The van der Waals surface area contributed by atoms with Crippen LogP contribution in [0.2, 0.25) is 4.34 Å². The van der Waals surface area contributed by atoms with Crippen molar-refractivity contribution in [2.45, 2.75) is 4.21 Å². The molecular weight excluding hydrogens is 344 g/mol. The number of nitrogens with zero attached hydrogens (tertiary/aromatic N) is 1. The van der Waals surface area contributed by atoms with Crippen molar-refractivity contribution in [3.05, 3.63) is 14.9 Å². The van der Waals surface area contributed by atoms with Gasteiger partial charge in [-0.3, -0.25) is 0 Å². The molecule has 0 spiro atoms. The van der Waals surface area contributed by atoms with Crippen LogP contribution in [0, 0.1) is 0 Å². The minimum Gasteiger partial charge on any atom is -0.350 e. The Bertz CT molecular complexity index is 515. The summed E-state index contributed by atoms with van der Waals surface area (Å²) in [6.07, 6.45) is 0. The summed E-state index contributed by atoms with van der Waals surface area (Å²) in [4.78, 5) is 10.6. The number of thiophene rings is 1. The first-order valence-electron chi connectivity index (χ1n) is 3.66. The molecule has 0 aliphatic heterocycles. The molecule has 0 atom stereocenters. The molecule has 0 saturated heterocycles. The molecule has 6 nitrogen and oxygen atoms in total. The number of hydrogen-bond donors (Lipinski definition) is 1. The van der Waals surface area contributed by atoms with Crippen LogP contribution >= 0.6 is 38.9 Å². The number of urea groups is 1. The third-order valence-electron chi connectivity index (χ3n) is 1.37. The summed E-state index contributed by atoms with van der Waals surface area (Å²) in [5, 5.41) is 0.412. The van der Waals surface area contributed by atoms with Gasteiger partial charge in [-0.25, -0.2) is 4.79 Å². The second-order valence-electron chi connectivity index (χ2n) is 2.55. The van der Waals surface area contributed by atoms with E-state index in [9.17, 15) is 13.2 Å². The second-order valence-corrected chi connectivity index (χ2v) is 6.81. The Labute approximate surface area is 109 Å². The smallest absolute Gasteiger partial charge is 0.339 e. The number of hydroxylamine groups is 2. The lowest BCUT2D eigenvalue weighted by Crippen LogP contribution is -2.34. The molecule has 0 unspecified atom stereocenters. The van der Waals surface area contributed by atoms with Crippen molar-refractivity contribution in [1.82, 2.24) is 5.06 Å². The van der Waals surface area contributed by atoms with E-state index in [4.69, 9.17) is 17.3 Å². The highest BCUT2D eigenvalue weighted by Gasteiger charge is 2.25. The topological polar surface area (TPSA) is 89.7 Å². The predicted molar refractivity (Wildman–Crippen MR) is 62.6 cm³/mol. The van der Waals surface area contributed by atoms with Gasteiger partial charge in [-0.05, 0) is 22.0 Å². The van der Waals surface area contributed by atoms with Gasteiger partial charge in [0.2, 0.25) is 0 Å². The Balaban J connectivity index is 3.03. The predicted octanol–water partition coefficient (Wildman–Crippen LogP) is 1.79. The number of carbonyl (C=O) groups is 1. The van der Waals surface area contributed by atoms with Gasteiger partial charge in [-0.2, -0.15) is 13.5 Å². The molecule has 1 heterocycles. The first-order valence-corrected chi connectivity index (χ1v) is 7.06. The van der Waals surface area contributed by atoms with E-state index in [2.05, 4.69) is 20.2 Å². The van der Waals surface area contributed by atoms with Crippen LogP contribution in [0.1, 0.15) is 0 Å².